The molecule has 1 aromatic heterocycles. The van der Waals surface area contributed by atoms with Crippen LogP contribution < -0.4 is 10.1 Å². The number of hydrogen-bond donors (Lipinski definition) is 1. The zero-order valence-electron chi connectivity index (χ0n) is 16.1. The summed E-state index contributed by atoms with van der Waals surface area (Å²) in [5.74, 6) is 1.07. The van der Waals surface area contributed by atoms with E-state index in [2.05, 4.69) is 16.4 Å². The lowest BCUT2D eigenvalue weighted by molar-refractivity contribution is -0.132. The van der Waals surface area contributed by atoms with E-state index in [4.69, 9.17) is 4.74 Å². The van der Waals surface area contributed by atoms with Crippen LogP contribution in [-0.4, -0.2) is 42.0 Å². The highest BCUT2D eigenvalue weighted by Crippen LogP contribution is 2.23. The number of amides is 1. The molecule has 2 heterocycles. The second kappa shape index (κ2) is 8.61. The summed E-state index contributed by atoms with van der Waals surface area (Å²) in [6, 6.07) is 16.4. The van der Waals surface area contributed by atoms with Gasteiger partial charge in [0.25, 0.3) is 0 Å². The molecule has 0 radical (unpaired) electrons. The van der Waals surface area contributed by atoms with Crippen molar-refractivity contribution in [3.8, 4) is 5.75 Å². The number of rotatable bonds is 6. The Balaban J connectivity index is 1.31. The zero-order chi connectivity index (χ0) is 19.3. The van der Waals surface area contributed by atoms with E-state index in [0.29, 0.717) is 12.8 Å². The van der Waals surface area contributed by atoms with Gasteiger partial charge in [-0.25, -0.2) is 4.98 Å². The van der Waals surface area contributed by atoms with Crippen molar-refractivity contribution < 1.29 is 9.53 Å². The Bertz CT molecular complexity index is 905. The summed E-state index contributed by atoms with van der Waals surface area (Å²) in [7, 11) is 1.67. The summed E-state index contributed by atoms with van der Waals surface area (Å²) in [6.07, 6.45) is 3.34. The fraction of sp³-hybridized carbons (Fsp3) is 0.364. The Morgan fingerprint density at radius 2 is 2.07 bits per heavy atom. The van der Waals surface area contributed by atoms with Gasteiger partial charge in [0.1, 0.15) is 5.75 Å². The molecule has 3 aromatic rings. The van der Waals surface area contributed by atoms with E-state index < -0.39 is 0 Å². The van der Waals surface area contributed by atoms with Gasteiger partial charge < -0.3 is 15.0 Å². The highest BCUT2D eigenvalue weighted by atomic mass is 32.1. The Morgan fingerprint density at radius 3 is 2.86 bits per heavy atom. The molecule has 0 aliphatic carbocycles. The summed E-state index contributed by atoms with van der Waals surface area (Å²) < 4.78 is 6.39. The first-order chi connectivity index (χ1) is 13.7. The molecule has 1 saturated heterocycles. The number of thiazole rings is 1. The molecule has 1 fully saturated rings. The molecule has 1 aliphatic heterocycles. The number of fused-ring (bicyclic) bond motifs is 1. The lowest BCUT2D eigenvalue weighted by Crippen LogP contribution is -2.45. The highest BCUT2D eigenvalue weighted by Gasteiger charge is 2.23. The fourth-order valence-electron chi connectivity index (χ4n) is 3.64. The first-order valence-electron chi connectivity index (χ1n) is 9.74. The first-order valence-corrected chi connectivity index (χ1v) is 10.6. The fourth-order valence-corrected chi connectivity index (χ4v) is 4.61. The van der Waals surface area contributed by atoms with Crippen LogP contribution in [-0.2, 0) is 11.2 Å². The van der Waals surface area contributed by atoms with Crippen LogP contribution in [0.1, 0.15) is 24.3 Å². The van der Waals surface area contributed by atoms with Gasteiger partial charge in [-0.05, 0) is 49.2 Å². The summed E-state index contributed by atoms with van der Waals surface area (Å²) in [5, 5.41) is 4.59. The number of aryl methyl sites for hydroxylation is 1. The van der Waals surface area contributed by atoms with Crippen molar-refractivity contribution in [2.24, 2.45) is 0 Å². The largest absolute Gasteiger partial charge is 0.497 e. The minimum absolute atomic E-state index is 0.223. The van der Waals surface area contributed by atoms with Crippen LogP contribution in [0.3, 0.4) is 0 Å². The van der Waals surface area contributed by atoms with E-state index in [9.17, 15) is 4.79 Å². The molecule has 1 N–H and O–H groups in total. The Hall–Kier alpha value is -2.60. The van der Waals surface area contributed by atoms with Crippen molar-refractivity contribution in [1.82, 2.24) is 9.88 Å². The normalized spacial score (nSPS) is 16.9. The van der Waals surface area contributed by atoms with Crippen molar-refractivity contribution in [3.63, 3.8) is 0 Å². The number of hydrogen-bond acceptors (Lipinski definition) is 5. The standard InChI is InChI=1S/C22H25N3O2S/c1-27-18-10-8-16(9-11-18)23-17-5-4-14-25(15-17)22(26)13-12-21-24-19-6-2-3-7-20(19)28-21/h2-3,6-11,17,23H,4-5,12-15H2,1H3. The van der Waals surface area contributed by atoms with Crippen molar-refractivity contribution in [3.05, 3.63) is 53.5 Å². The molecule has 1 atom stereocenters. The van der Waals surface area contributed by atoms with Crippen molar-refractivity contribution >= 4 is 33.1 Å². The lowest BCUT2D eigenvalue weighted by Gasteiger charge is -2.33. The summed E-state index contributed by atoms with van der Waals surface area (Å²) >= 11 is 1.69. The molecule has 4 rings (SSSR count). The molecule has 5 nitrogen and oxygen atoms in total. The van der Waals surface area contributed by atoms with E-state index in [0.717, 1.165) is 47.9 Å². The number of anilines is 1. The third-order valence-corrected chi connectivity index (χ3v) is 6.22. The molecule has 2 aromatic carbocycles. The van der Waals surface area contributed by atoms with Gasteiger partial charge >= 0.3 is 0 Å². The van der Waals surface area contributed by atoms with Gasteiger partial charge in [-0.2, -0.15) is 0 Å². The molecule has 0 spiro atoms. The average Bonchev–Trinajstić information content (AvgIpc) is 3.16. The molecule has 146 valence electrons. The number of likely N-dealkylation sites (tertiary alicyclic amines) is 1. The number of ether oxygens (including phenoxy) is 1. The molecule has 0 bridgehead atoms. The van der Waals surface area contributed by atoms with E-state index in [-0.39, 0.29) is 11.9 Å². The maximum atomic E-state index is 12.7. The second-order valence-electron chi connectivity index (χ2n) is 7.13. The topological polar surface area (TPSA) is 54.5 Å². The maximum Gasteiger partial charge on any atom is 0.223 e. The number of benzene rings is 2. The minimum Gasteiger partial charge on any atom is -0.497 e. The molecule has 1 aliphatic rings. The van der Waals surface area contributed by atoms with Gasteiger partial charge in [0, 0.05) is 37.7 Å². The molecular formula is C22H25N3O2S. The summed E-state index contributed by atoms with van der Waals surface area (Å²) in [6.45, 7) is 1.60. The van der Waals surface area contributed by atoms with Crippen LogP contribution in [0.5, 0.6) is 5.75 Å². The van der Waals surface area contributed by atoms with Crippen molar-refractivity contribution in [1.29, 1.82) is 0 Å². The Labute approximate surface area is 169 Å². The molecule has 28 heavy (non-hydrogen) atoms. The number of carbonyl (C=O) groups is 1. The quantitative estimate of drug-likeness (QED) is 0.675. The SMILES string of the molecule is COc1ccc(NC2CCCN(C(=O)CCc3nc4ccccc4s3)C2)cc1. The Kier molecular flexibility index (Phi) is 5.76. The molecular weight excluding hydrogens is 370 g/mol. The van der Waals surface area contributed by atoms with Crippen LogP contribution in [0.25, 0.3) is 10.2 Å². The van der Waals surface area contributed by atoms with Crippen LogP contribution >= 0.6 is 11.3 Å². The van der Waals surface area contributed by atoms with Crippen molar-refractivity contribution in [2.75, 3.05) is 25.5 Å². The van der Waals surface area contributed by atoms with Crippen LogP contribution in [0.15, 0.2) is 48.5 Å². The van der Waals surface area contributed by atoms with E-state index in [1.807, 2.05) is 47.4 Å². The Morgan fingerprint density at radius 1 is 1.25 bits per heavy atom. The van der Waals surface area contributed by atoms with Gasteiger partial charge in [-0.3, -0.25) is 4.79 Å². The van der Waals surface area contributed by atoms with Gasteiger partial charge in [-0.1, -0.05) is 12.1 Å². The van der Waals surface area contributed by atoms with Gasteiger partial charge in [0.05, 0.1) is 22.3 Å². The molecule has 1 amide bonds. The number of carbonyl (C=O) groups excluding carboxylic acids is 1. The molecule has 6 heteroatoms. The van der Waals surface area contributed by atoms with Crippen LogP contribution in [0, 0.1) is 0 Å². The average molecular weight is 396 g/mol. The van der Waals surface area contributed by atoms with E-state index in [1.54, 1.807) is 18.4 Å². The van der Waals surface area contributed by atoms with Crippen LogP contribution in [0.2, 0.25) is 0 Å². The molecule has 0 saturated carbocycles. The second-order valence-corrected chi connectivity index (χ2v) is 8.24. The third kappa shape index (κ3) is 4.44. The summed E-state index contributed by atoms with van der Waals surface area (Å²) in [4.78, 5) is 19.4. The van der Waals surface area contributed by atoms with E-state index >= 15 is 0 Å². The number of aromatic nitrogens is 1. The summed E-state index contributed by atoms with van der Waals surface area (Å²) in [5.41, 5.74) is 2.09. The van der Waals surface area contributed by atoms with E-state index in [1.165, 1.54) is 4.70 Å². The predicted octanol–water partition coefficient (Wildman–Crippen LogP) is 4.34. The van der Waals surface area contributed by atoms with Gasteiger partial charge in [0.2, 0.25) is 5.91 Å². The number of piperidine rings is 1. The lowest BCUT2D eigenvalue weighted by atomic mass is 10.0. The number of para-hydroxylation sites is 1. The van der Waals surface area contributed by atoms with Crippen molar-refractivity contribution in [2.45, 2.75) is 31.7 Å². The van der Waals surface area contributed by atoms with Gasteiger partial charge in [0.15, 0.2) is 0 Å². The highest BCUT2D eigenvalue weighted by molar-refractivity contribution is 7.18. The monoisotopic (exact) mass is 395 g/mol. The first kappa shape index (κ1) is 18.7. The van der Waals surface area contributed by atoms with Crippen LogP contribution in [0.4, 0.5) is 5.69 Å². The maximum absolute atomic E-state index is 12.7. The smallest absolute Gasteiger partial charge is 0.223 e. The third-order valence-electron chi connectivity index (χ3n) is 5.13. The predicted molar refractivity (Wildman–Crippen MR) is 114 cm³/mol. The van der Waals surface area contributed by atoms with Gasteiger partial charge in [-0.15, -0.1) is 11.3 Å². The molecule has 1 unspecified atom stereocenters. The number of nitrogens with one attached hydrogen (secondary N) is 1. The minimum atomic E-state index is 0.223. The zero-order valence-corrected chi connectivity index (χ0v) is 16.9. The number of nitrogens with zero attached hydrogens (tertiary/aromatic N) is 2. The number of methoxy groups -OCH3 is 1.